The summed E-state index contributed by atoms with van der Waals surface area (Å²) in [5.41, 5.74) is 7.43. The lowest BCUT2D eigenvalue weighted by atomic mass is 9.96. The number of para-hydroxylation sites is 4. The van der Waals surface area contributed by atoms with Crippen LogP contribution in [0.4, 0.5) is 11.4 Å². The van der Waals surface area contributed by atoms with E-state index in [2.05, 4.69) is 168 Å². The van der Waals surface area contributed by atoms with E-state index in [4.69, 9.17) is 23.8 Å². The van der Waals surface area contributed by atoms with Crippen molar-refractivity contribution in [2.75, 3.05) is 83.6 Å². The Morgan fingerprint density at radius 1 is 0.468 bits per heavy atom. The van der Waals surface area contributed by atoms with Crippen LogP contribution in [0.25, 0.3) is 43.5 Å². The molecule has 0 saturated carbocycles. The average molecular weight is 1050 g/mol. The van der Waals surface area contributed by atoms with Crippen LogP contribution in [0.1, 0.15) is 27.9 Å². The van der Waals surface area contributed by atoms with Crippen LogP contribution in [0.2, 0.25) is 0 Å². The van der Waals surface area contributed by atoms with Gasteiger partial charge >= 0.3 is 5.69 Å². The summed E-state index contributed by atoms with van der Waals surface area (Å²) in [7, 11) is 0. The first-order valence-electron chi connectivity index (χ1n) is 27.4. The summed E-state index contributed by atoms with van der Waals surface area (Å²) < 4.78 is 25.5. The minimum Gasteiger partial charge on any atom is -0.492 e. The number of hydrogen-bond donors (Lipinski definition) is 0. The molecule has 2 aromatic heterocycles. The van der Waals surface area contributed by atoms with E-state index in [0.29, 0.717) is 110 Å². The van der Waals surface area contributed by atoms with Crippen LogP contribution in [0.5, 0.6) is 17.2 Å². The van der Waals surface area contributed by atoms with Gasteiger partial charge < -0.3 is 19.1 Å². The Bertz CT molecular complexity index is 3690. The number of non-ortho nitro benzene ring substituents is 1. The molecule has 400 valence electrons. The van der Waals surface area contributed by atoms with Crippen LogP contribution in [-0.2, 0) is 32.7 Å². The number of ether oxygens (including phenoxy) is 3. The van der Waals surface area contributed by atoms with Gasteiger partial charge in [0.1, 0.15) is 37.1 Å². The molecular weight excluding hydrogens is 991 g/mol. The number of benzene rings is 8. The Hall–Kier alpha value is -8.47. The number of hydrogen-bond acceptors (Lipinski definition) is 14. The van der Waals surface area contributed by atoms with Crippen molar-refractivity contribution in [2.24, 2.45) is 0 Å². The highest BCUT2D eigenvalue weighted by Gasteiger charge is 2.26. The standard InChI is InChI=1S/C64H63N9O6/c74-73(75)59-28-27-58(63-64(59)67-79-66-63)72-34-33-68-29-31-70(45-53-26-25-47-13-3-9-21-57(47)65-53)42-50-16-4-10-22-60(50)76-38-35-69(37-40-78-62-24-12-6-18-52(62)44-72)36-39-77-61-23-11-5-17-51(61)43-71(32-30-68)46-56-54-19-7-1-14-48(54)41-49-15-2-8-20-55(49)56/h1-28,41H,29-40,42-46H2. The Morgan fingerprint density at radius 3 is 1.59 bits per heavy atom. The quantitative estimate of drug-likeness (QED) is 0.0886. The Kier molecular flexibility index (Phi) is 15.6. The molecule has 3 aliphatic heterocycles. The normalized spacial score (nSPS) is 17.7. The highest BCUT2D eigenvalue weighted by Crippen LogP contribution is 2.35. The summed E-state index contributed by atoms with van der Waals surface area (Å²) >= 11 is 0. The molecule has 0 saturated heterocycles. The molecule has 13 rings (SSSR count). The molecule has 0 N–H and O–H groups in total. The summed E-state index contributed by atoms with van der Waals surface area (Å²) in [5, 5.41) is 26.7. The fourth-order valence-electron chi connectivity index (χ4n) is 11.2. The monoisotopic (exact) mass is 1050 g/mol. The van der Waals surface area contributed by atoms with Crippen molar-refractivity contribution in [3.63, 3.8) is 0 Å². The highest BCUT2D eigenvalue weighted by atomic mass is 16.6. The van der Waals surface area contributed by atoms with Gasteiger partial charge in [-0.3, -0.25) is 34.7 Å². The molecule has 8 aromatic carbocycles. The topological polar surface area (TPSA) is 139 Å². The Balaban J connectivity index is 0.974. The second kappa shape index (κ2) is 24.0. The molecule has 0 radical (unpaired) electrons. The van der Waals surface area contributed by atoms with Gasteiger partial charge in [-0.25, -0.2) is 4.63 Å². The van der Waals surface area contributed by atoms with E-state index in [9.17, 15) is 10.1 Å². The van der Waals surface area contributed by atoms with Gasteiger partial charge in [-0.15, -0.1) is 0 Å². The van der Waals surface area contributed by atoms with E-state index in [1.807, 2.05) is 30.3 Å². The van der Waals surface area contributed by atoms with Gasteiger partial charge in [0.2, 0.25) is 5.52 Å². The summed E-state index contributed by atoms with van der Waals surface area (Å²) in [6.45, 7) is 10.4. The maximum absolute atomic E-state index is 12.3. The smallest absolute Gasteiger partial charge is 0.300 e. The number of pyridine rings is 1. The van der Waals surface area contributed by atoms with E-state index < -0.39 is 4.92 Å². The third kappa shape index (κ3) is 12.0. The van der Waals surface area contributed by atoms with Crippen molar-refractivity contribution in [1.82, 2.24) is 34.9 Å². The molecule has 0 fully saturated rings. The van der Waals surface area contributed by atoms with Crippen LogP contribution in [0, 0.1) is 10.1 Å². The maximum Gasteiger partial charge on any atom is 0.300 e. The highest BCUT2D eigenvalue weighted by molar-refractivity contribution is 6.02. The summed E-state index contributed by atoms with van der Waals surface area (Å²) in [4.78, 5) is 29.3. The third-order valence-corrected chi connectivity index (χ3v) is 15.4. The van der Waals surface area contributed by atoms with E-state index in [0.717, 1.165) is 63.6 Å². The largest absolute Gasteiger partial charge is 0.492 e. The van der Waals surface area contributed by atoms with Crippen molar-refractivity contribution in [3.05, 3.63) is 214 Å². The minimum atomic E-state index is -0.437. The second-order valence-electron chi connectivity index (χ2n) is 20.5. The van der Waals surface area contributed by atoms with Gasteiger partial charge in [0.15, 0.2) is 5.52 Å². The van der Waals surface area contributed by atoms with Gasteiger partial charge in [0, 0.05) is 120 Å². The van der Waals surface area contributed by atoms with Gasteiger partial charge in [0.05, 0.1) is 21.8 Å². The molecule has 15 nitrogen and oxygen atoms in total. The van der Waals surface area contributed by atoms with Gasteiger partial charge in [-0.2, -0.15) is 0 Å². The summed E-state index contributed by atoms with van der Waals surface area (Å²) in [6, 6.07) is 60.7. The lowest BCUT2D eigenvalue weighted by molar-refractivity contribution is -0.383. The third-order valence-electron chi connectivity index (χ3n) is 15.4. The molecule has 0 amide bonds. The molecule has 2 atom stereocenters. The zero-order valence-electron chi connectivity index (χ0n) is 44.2. The van der Waals surface area contributed by atoms with Crippen LogP contribution in [0.15, 0.2) is 181 Å². The second-order valence-corrected chi connectivity index (χ2v) is 20.5. The first-order chi connectivity index (χ1) is 39.0. The van der Waals surface area contributed by atoms with Crippen LogP contribution < -0.4 is 19.1 Å². The number of anilines is 1. The number of rotatable bonds is 6. The van der Waals surface area contributed by atoms with Gasteiger partial charge in [-0.05, 0) is 79.9 Å². The van der Waals surface area contributed by atoms with Gasteiger partial charge in [0.25, 0.3) is 0 Å². The Labute approximate surface area is 459 Å². The first-order valence-corrected chi connectivity index (χ1v) is 27.4. The molecule has 3 aliphatic rings. The minimum absolute atomic E-state index is 0.111. The molecular formula is C64H63N9O6. The van der Waals surface area contributed by atoms with Crippen molar-refractivity contribution in [1.29, 1.82) is 0 Å². The molecule has 2 bridgehead atoms. The lowest BCUT2D eigenvalue weighted by Crippen LogP contribution is -2.43. The molecule has 0 spiro atoms. The maximum atomic E-state index is 12.3. The number of nitro groups is 1. The number of nitro benzene ring substituents is 1. The molecule has 2 unspecified atom stereocenters. The zero-order chi connectivity index (χ0) is 53.3. The number of nitrogens with zero attached hydrogens (tertiary/aromatic N) is 9. The molecule has 79 heavy (non-hydrogen) atoms. The number of fused-ring (bicyclic) bond motifs is 19. The molecule has 0 aliphatic carbocycles. The van der Waals surface area contributed by atoms with Crippen molar-refractivity contribution < 1.29 is 23.8 Å². The van der Waals surface area contributed by atoms with Crippen LogP contribution >= 0.6 is 0 Å². The van der Waals surface area contributed by atoms with E-state index in [1.54, 1.807) is 6.07 Å². The van der Waals surface area contributed by atoms with Crippen LogP contribution in [0.3, 0.4) is 0 Å². The summed E-state index contributed by atoms with van der Waals surface area (Å²) in [5.74, 6) is 2.49. The molecule has 5 heterocycles. The number of aromatic nitrogens is 3. The summed E-state index contributed by atoms with van der Waals surface area (Å²) in [6.07, 6.45) is 0. The Morgan fingerprint density at radius 2 is 0.975 bits per heavy atom. The average Bonchev–Trinajstić information content (AvgIpc) is 4.07. The fourth-order valence-corrected chi connectivity index (χ4v) is 11.2. The fraction of sp³-hybridized carbons (Fsp3) is 0.266. The molecule has 10 aromatic rings. The van der Waals surface area contributed by atoms with Crippen molar-refractivity contribution >= 4 is 54.9 Å². The van der Waals surface area contributed by atoms with E-state index >= 15 is 0 Å². The van der Waals surface area contributed by atoms with Gasteiger partial charge in [-0.1, -0.05) is 127 Å². The predicted molar refractivity (Wildman–Crippen MR) is 310 cm³/mol. The van der Waals surface area contributed by atoms with Crippen LogP contribution in [-0.4, -0.2) is 119 Å². The predicted octanol–water partition coefficient (Wildman–Crippen LogP) is 11.2. The SMILES string of the molecule is O=[N+]([O-])c1ccc(N2CCN3CCN(Cc4ccc5ccccc5n4)Cc4ccccc4OCCN(CCOc4ccccc4CN(Cc4c5ccccc5cc5ccccc45)CC3)CCOc3ccccc3C2)c2nonc12. The molecule has 15 heteroatoms. The van der Waals surface area contributed by atoms with Crippen molar-refractivity contribution in [2.45, 2.75) is 32.7 Å². The zero-order valence-corrected chi connectivity index (χ0v) is 44.2. The van der Waals surface area contributed by atoms with Crippen molar-refractivity contribution in [3.8, 4) is 17.2 Å². The lowest BCUT2D eigenvalue weighted by Gasteiger charge is -2.33. The first kappa shape index (κ1) is 51.3. The van der Waals surface area contributed by atoms with E-state index in [1.165, 1.54) is 33.2 Å². The van der Waals surface area contributed by atoms with E-state index in [-0.39, 0.29) is 11.2 Å².